The van der Waals surface area contributed by atoms with Crippen LogP contribution >= 0.6 is 0 Å². The van der Waals surface area contributed by atoms with Crippen molar-refractivity contribution >= 4 is 55.4 Å². The van der Waals surface area contributed by atoms with E-state index in [9.17, 15) is 0 Å². The molecule has 0 fully saturated rings. The Labute approximate surface area is 160 Å². The molecule has 2 aliphatic rings. The van der Waals surface area contributed by atoms with Gasteiger partial charge in [-0.1, -0.05) is 0 Å². The highest BCUT2D eigenvalue weighted by Crippen LogP contribution is 2.41. The summed E-state index contributed by atoms with van der Waals surface area (Å²) in [5.74, 6) is 0. The van der Waals surface area contributed by atoms with Crippen LogP contribution in [0, 0.1) is 0 Å². The van der Waals surface area contributed by atoms with Crippen molar-refractivity contribution in [2.24, 2.45) is 0 Å². The van der Waals surface area contributed by atoms with E-state index in [2.05, 4.69) is 58.4 Å². The molecule has 0 saturated carbocycles. The Morgan fingerprint density at radius 1 is 0.964 bits per heavy atom. The zero-order valence-electron chi connectivity index (χ0n) is 15.9. The highest BCUT2D eigenvalue weighted by Gasteiger charge is 2.27. The molecule has 6 heteroatoms. The third kappa shape index (κ3) is 1.64. The lowest BCUT2D eigenvalue weighted by Gasteiger charge is -2.25. The summed E-state index contributed by atoms with van der Waals surface area (Å²) in [5.41, 5.74) is 10.8. The second-order valence-electron chi connectivity index (χ2n) is 8.17. The van der Waals surface area contributed by atoms with Gasteiger partial charge in [0.15, 0.2) is 22.9 Å². The minimum Gasteiger partial charge on any atom is -0.452 e. The van der Waals surface area contributed by atoms with Crippen molar-refractivity contribution in [2.75, 3.05) is 37.0 Å². The van der Waals surface area contributed by atoms with Crippen molar-refractivity contribution in [1.29, 1.82) is 0 Å². The van der Waals surface area contributed by atoms with E-state index in [1.807, 2.05) is 0 Å². The molecular formula is C22H20N5O+. The molecule has 0 aliphatic carbocycles. The van der Waals surface area contributed by atoms with Crippen molar-refractivity contribution in [2.45, 2.75) is 12.8 Å². The molecule has 0 radical (unpaired) electrons. The number of aromatic amines is 2. The van der Waals surface area contributed by atoms with Crippen molar-refractivity contribution in [3.05, 3.63) is 35.7 Å². The first-order valence-electron chi connectivity index (χ1n) is 9.85. The Bertz CT molecular complexity index is 1350. The van der Waals surface area contributed by atoms with E-state index in [1.165, 1.54) is 33.3 Å². The molecule has 2 aliphatic heterocycles. The van der Waals surface area contributed by atoms with Crippen LogP contribution in [0.15, 0.2) is 28.9 Å². The summed E-state index contributed by atoms with van der Waals surface area (Å²) in [6.45, 7) is 2.04. The maximum Gasteiger partial charge on any atom is 0.243 e. The van der Waals surface area contributed by atoms with E-state index in [-0.39, 0.29) is 0 Å². The molecule has 0 bridgehead atoms. The topological polar surface area (TPSA) is 62.4 Å². The van der Waals surface area contributed by atoms with Crippen LogP contribution in [0.3, 0.4) is 0 Å². The number of nitrogens with one attached hydrogen (secondary N) is 2. The molecule has 7 rings (SSSR count). The van der Waals surface area contributed by atoms with Crippen LogP contribution in [0.4, 0.5) is 11.4 Å². The maximum absolute atomic E-state index is 6.45. The summed E-state index contributed by atoms with van der Waals surface area (Å²) < 4.78 is 6.45. The Hall–Kier alpha value is -3.28. The molecule has 138 valence electrons. The van der Waals surface area contributed by atoms with Crippen LogP contribution in [-0.2, 0) is 12.8 Å². The molecule has 0 atom stereocenters. The van der Waals surface area contributed by atoms with Crippen LogP contribution in [0.25, 0.3) is 44.0 Å². The number of likely N-dealkylation sites (N-methyl/N-ethyl adjacent to an activating group) is 2. The van der Waals surface area contributed by atoms with Crippen LogP contribution in [-0.4, -0.2) is 37.2 Å². The number of H-pyrrole nitrogens is 2. The molecule has 2 N–H and O–H groups in total. The quantitative estimate of drug-likeness (QED) is 0.424. The predicted octanol–water partition coefficient (Wildman–Crippen LogP) is 3.41. The number of nitrogens with zero attached hydrogens (tertiary/aromatic N) is 3. The molecule has 2 aromatic carbocycles. The first kappa shape index (κ1) is 14.7. The number of anilines is 2. The van der Waals surface area contributed by atoms with Gasteiger partial charge in [-0.25, -0.2) is 9.97 Å². The lowest BCUT2D eigenvalue weighted by atomic mass is 10.0. The Kier molecular flexibility index (Phi) is 2.51. The molecule has 0 spiro atoms. The van der Waals surface area contributed by atoms with Gasteiger partial charge in [-0.15, -0.1) is 0 Å². The van der Waals surface area contributed by atoms with E-state index < -0.39 is 0 Å². The zero-order chi connectivity index (χ0) is 18.6. The summed E-state index contributed by atoms with van der Waals surface area (Å²) in [6.07, 6.45) is 6.37. The average Bonchev–Trinajstić information content (AvgIpc) is 3.32. The third-order valence-electron chi connectivity index (χ3n) is 6.61. The fraction of sp³-hybridized carbons (Fsp3) is 0.273. The normalized spacial score (nSPS) is 16.2. The molecular weight excluding hydrogens is 350 g/mol. The number of fused-ring (bicyclic) bond motifs is 4. The third-order valence-corrected chi connectivity index (χ3v) is 6.61. The molecule has 5 aromatic rings. The van der Waals surface area contributed by atoms with Gasteiger partial charge in [0.1, 0.15) is 5.52 Å². The van der Waals surface area contributed by atoms with Crippen molar-refractivity contribution in [3.63, 3.8) is 0 Å². The summed E-state index contributed by atoms with van der Waals surface area (Å²) >= 11 is 0. The number of hydrogen-bond acceptors (Lipinski definition) is 4. The monoisotopic (exact) mass is 370 g/mol. The molecule has 0 saturated heterocycles. The van der Waals surface area contributed by atoms with Crippen molar-refractivity contribution in [1.82, 2.24) is 9.97 Å². The maximum atomic E-state index is 6.45. The van der Waals surface area contributed by atoms with Gasteiger partial charge in [0, 0.05) is 56.5 Å². The second kappa shape index (κ2) is 4.76. The van der Waals surface area contributed by atoms with Gasteiger partial charge in [-0.3, -0.25) is 0 Å². The van der Waals surface area contributed by atoms with E-state index >= 15 is 0 Å². The van der Waals surface area contributed by atoms with Crippen molar-refractivity contribution < 1.29 is 9.40 Å². The van der Waals surface area contributed by atoms with Crippen LogP contribution in [0.2, 0.25) is 0 Å². The molecule has 5 heterocycles. The molecule has 28 heavy (non-hydrogen) atoms. The van der Waals surface area contributed by atoms with Gasteiger partial charge < -0.3 is 19.2 Å². The van der Waals surface area contributed by atoms with Crippen LogP contribution < -0.4 is 14.8 Å². The van der Waals surface area contributed by atoms with Crippen molar-refractivity contribution in [3.8, 4) is 0 Å². The largest absolute Gasteiger partial charge is 0.452 e. The highest BCUT2D eigenvalue weighted by atomic mass is 16.3. The van der Waals surface area contributed by atoms with Gasteiger partial charge in [0.25, 0.3) is 0 Å². The van der Waals surface area contributed by atoms with Gasteiger partial charge in [0.2, 0.25) is 5.52 Å². The minimum absolute atomic E-state index is 0.828. The fourth-order valence-corrected chi connectivity index (χ4v) is 5.08. The highest BCUT2D eigenvalue weighted by molar-refractivity contribution is 6.14. The minimum atomic E-state index is 0.828. The average molecular weight is 370 g/mol. The van der Waals surface area contributed by atoms with E-state index in [0.717, 1.165) is 59.2 Å². The number of hydrogen-bond donors (Lipinski definition) is 1. The first-order valence-corrected chi connectivity index (χ1v) is 9.85. The lowest BCUT2D eigenvalue weighted by Crippen LogP contribution is -2.24. The summed E-state index contributed by atoms with van der Waals surface area (Å²) in [5, 5.41) is 2.56. The van der Waals surface area contributed by atoms with E-state index in [4.69, 9.17) is 9.40 Å². The van der Waals surface area contributed by atoms with E-state index in [0.29, 0.717) is 0 Å². The lowest BCUT2D eigenvalue weighted by molar-refractivity contribution is -0.340. The Balaban J connectivity index is 1.67. The van der Waals surface area contributed by atoms with Gasteiger partial charge >= 0.3 is 0 Å². The number of benzene rings is 2. The van der Waals surface area contributed by atoms with Crippen LogP contribution in [0.5, 0.6) is 0 Å². The summed E-state index contributed by atoms with van der Waals surface area (Å²) in [7, 11) is 4.29. The van der Waals surface area contributed by atoms with Gasteiger partial charge in [-0.05, 0) is 18.4 Å². The van der Waals surface area contributed by atoms with Crippen LogP contribution in [0.1, 0.15) is 11.1 Å². The molecule has 3 aromatic heterocycles. The van der Waals surface area contributed by atoms with Gasteiger partial charge in [-0.2, -0.15) is 0 Å². The second-order valence-corrected chi connectivity index (χ2v) is 8.17. The summed E-state index contributed by atoms with van der Waals surface area (Å²) in [4.78, 5) is 16.7. The Morgan fingerprint density at radius 3 is 2.50 bits per heavy atom. The fourth-order valence-electron chi connectivity index (χ4n) is 5.08. The number of aromatic nitrogens is 3. The Morgan fingerprint density at radius 2 is 1.68 bits per heavy atom. The van der Waals surface area contributed by atoms with E-state index in [1.54, 1.807) is 0 Å². The SMILES string of the molecule is CN1CCc2c[nH]c3c2c1cc1oc2cc4c5c(c[nH+]c5c2nc13)CCN4C. The van der Waals surface area contributed by atoms with Gasteiger partial charge in [0.05, 0.1) is 22.3 Å². The summed E-state index contributed by atoms with van der Waals surface area (Å²) in [6, 6.07) is 4.31. The molecule has 0 unspecified atom stereocenters. The standard InChI is InChI=1S/C22H19N5O/c1-26-5-3-11-9-23-21-17(11)13(26)7-15-19(21)25-20-16(28-15)8-14-18-12(4-6-27(14)2)10-24-22(18)20/h7-10,23H,3-6H2,1-2H3/p+1. The number of rotatable bonds is 0. The predicted molar refractivity (Wildman–Crippen MR) is 111 cm³/mol. The first-order chi connectivity index (χ1) is 13.7. The molecule has 0 amide bonds. The molecule has 6 nitrogen and oxygen atoms in total. The smallest absolute Gasteiger partial charge is 0.243 e. The zero-order valence-corrected chi connectivity index (χ0v) is 15.9.